The fourth-order valence-corrected chi connectivity index (χ4v) is 1.83. The summed E-state index contributed by atoms with van der Waals surface area (Å²) in [7, 11) is 3.79. The van der Waals surface area contributed by atoms with Crippen LogP contribution in [-0.4, -0.2) is 37.3 Å². The van der Waals surface area contributed by atoms with Crippen molar-refractivity contribution >= 4 is 0 Å². The van der Waals surface area contributed by atoms with Crippen molar-refractivity contribution in [3.8, 4) is 0 Å². The summed E-state index contributed by atoms with van der Waals surface area (Å²) in [5, 5.41) is 0. The van der Waals surface area contributed by atoms with Crippen LogP contribution in [0.1, 0.15) is 19.3 Å². The van der Waals surface area contributed by atoms with Gasteiger partial charge in [-0.3, -0.25) is 0 Å². The number of halogens is 1. The number of hydrogen-bond donors (Lipinski definition) is 1. The fraction of sp³-hybridized carbons (Fsp3) is 1.00. The van der Waals surface area contributed by atoms with Gasteiger partial charge in [0.05, 0.1) is 0 Å². The van der Waals surface area contributed by atoms with Crippen LogP contribution in [0.25, 0.3) is 0 Å². The van der Waals surface area contributed by atoms with E-state index in [2.05, 4.69) is 0 Å². The highest BCUT2D eigenvalue weighted by molar-refractivity contribution is 4.93. The summed E-state index contributed by atoms with van der Waals surface area (Å²) in [6.07, 6.45) is 2.00. The Morgan fingerprint density at radius 3 is 2.64 bits per heavy atom. The van der Waals surface area contributed by atoms with E-state index in [1.165, 1.54) is 0 Å². The van der Waals surface area contributed by atoms with Gasteiger partial charge in [-0.1, -0.05) is 0 Å². The average Bonchev–Trinajstić information content (AvgIpc) is 2.08. The van der Waals surface area contributed by atoms with Crippen LogP contribution in [0.5, 0.6) is 0 Å². The van der Waals surface area contributed by atoms with Crippen molar-refractivity contribution in [3.05, 3.63) is 0 Å². The van der Waals surface area contributed by atoms with E-state index in [-0.39, 0.29) is 6.04 Å². The Hall–Kier alpha value is -0.150. The van der Waals surface area contributed by atoms with Crippen molar-refractivity contribution in [3.63, 3.8) is 0 Å². The minimum Gasteiger partial charge on any atom is -0.328 e. The highest BCUT2D eigenvalue weighted by atomic mass is 19.1. The third-order valence-electron chi connectivity index (χ3n) is 2.19. The van der Waals surface area contributed by atoms with Crippen LogP contribution in [0.15, 0.2) is 0 Å². The summed E-state index contributed by atoms with van der Waals surface area (Å²) >= 11 is 0. The predicted molar refractivity (Wildman–Crippen MR) is 44.2 cm³/mol. The van der Waals surface area contributed by atoms with Crippen LogP contribution in [0, 0.1) is 0 Å². The summed E-state index contributed by atoms with van der Waals surface area (Å²) < 4.78 is 13.7. The third kappa shape index (κ3) is 2.42. The number of hydrogen-bond acceptors (Lipinski definition) is 2. The summed E-state index contributed by atoms with van der Waals surface area (Å²) in [6.45, 7) is 0.515. The van der Waals surface area contributed by atoms with Gasteiger partial charge < -0.3 is 10.6 Å². The fourth-order valence-electron chi connectivity index (χ4n) is 1.83. The van der Waals surface area contributed by atoms with E-state index in [0.29, 0.717) is 19.4 Å². The van der Waals surface area contributed by atoms with Gasteiger partial charge in [-0.25, -0.2) is 4.39 Å². The first kappa shape index (κ1) is 8.94. The molecule has 2 atom stereocenters. The first-order valence-electron chi connectivity index (χ1n) is 4.11. The normalized spacial score (nSPS) is 38.5. The quantitative estimate of drug-likeness (QED) is 0.646. The maximum atomic E-state index is 13.7. The Bertz CT molecular complexity index is 138. The smallest absolute Gasteiger partial charge is 0.125 e. The van der Waals surface area contributed by atoms with Gasteiger partial charge in [0.25, 0.3) is 0 Å². The molecule has 2 unspecified atom stereocenters. The van der Waals surface area contributed by atoms with Crippen molar-refractivity contribution in [1.29, 1.82) is 0 Å². The van der Waals surface area contributed by atoms with Crippen molar-refractivity contribution in [1.82, 2.24) is 4.90 Å². The van der Waals surface area contributed by atoms with Crippen molar-refractivity contribution in [2.24, 2.45) is 5.73 Å². The molecule has 1 aliphatic rings. The van der Waals surface area contributed by atoms with Gasteiger partial charge in [-0.15, -0.1) is 0 Å². The monoisotopic (exact) mass is 160 g/mol. The molecule has 0 aromatic heterocycles. The highest BCUT2D eigenvalue weighted by Crippen LogP contribution is 2.32. The topological polar surface area (TPSA) is 29.3 Å². The first-order chi connectivity index (χ1) is 5.02. The molecule has 0 radical (unpaired) electrons. The first-order valence-corrected chi connectivity index (χ1v) is 4.11. The maximum Gasteiger partial charge on any atom is 0.125 e. The molecule has 0 aromatic rings. The Kier molecular flexibility index (Phi) is 2.50. The minimum atomic E-state index is -1.01. The van der Waals surface area contributed by atoms with E-state index in [1.807, 2.05) is 19.0 Å². The Labute approximate surface area is 67.6 Å². The summed E-state index contributed by atoms with van der Waals surface area (Å²) in [5.74, 6) is 0. The molecule has 1 saturated carbocycles. The van der Waals surface area contributed by atoms with Gasteiger partial charge in [-0.05, 0) is 33.4 Å². The van der Waals surface area contributed by atoms with Gasteiger partial charge in [-0.2, -0.15) is 0 Å². The average molecular weight is 160 g/mol. The largest absolute Gasteiger partial charge is 0.328 e. The molecule has 0 amide bonds. The number of nitrogens with two attached hydrogens (primary N) is 1. The number of nitrogens with zero attached hydrogens (tertiary/aromatic N) is 1. The van der Waals surface area contributed by atoms with E-state index >= 15 is 0 Å². The van der Waals surface area contributed by atoms with E-state index < -0.39 is 5.67 Å². The Morgan fingerprint density at radius 2 is 2.27 bits per heavy atom. The van der Waals surface area contributed by atoms with Crippen LogP contribution < -0.4 is 5.73 Å². The van der Waals surface area contributed by atoms with Gasteiger partial charge in [0.15, 0.2) is 0 Å². The van der Waals surface area contributed by atoms with Crippen LogP contribution in [0.4, 0.5) is 4.39 Å². The van der Waals surface area contributed by atoms with E-state index in [0.717, 1.165) is 6.42 Å². The molecular weight excluding hydrogens is 143 g/mol. The zero-order chi connectivity index (χ0) is 8.48. The van der Waals surface area contributed by atoms with Gasteiger partial charge in [0.2, 0.25) is 0 Å². The molecule has 1 aliphatic carbocycles. The zero-order valence-corrected chi connectivity index (χ0v) is 7.31. The van der Waals surface area contributed by atoms with Crippen molar-refractivity contribution in [2.45, 2.75) is 31.0 Å². The lowest BCUT2D eigenvalue weighted by molar-refractivity contribution is 0.123. The zero-order valence-electron chi connectivity index (χ0n) is 7.31. The van der Waals surface area contributed by atoms with Crippen molar-refractivity contribution < 1.29 is 4.39 Å². The molecule has 0 spiro atoms. The molecule has 2 N–H and O–H groups in total. The Morgan fingerprint density at radius 1 is 1.64 bits per heavy atom. The minimum absolute atomic E-state index is 0.0833. The number of rotatable bonds is 2. The number of alkyl halides is 1. The molecule has 3 heteroatoms. The molecule has 2 nitrogen and oxygen atoms in total. The second-order valence-electron chi connectivity index (χ2n) is 3.89. The predicted octanol–water partition coefficient (Wildman–Crippen LogP) is 0.767. The molecule has 66 valence electrons. The van der Waals surface area contributed by atoms with Gasteiger partial charge in [0.1, 0.15) is 5.67 Å². The summed E-state index contributed by atoms with van der Waals surface area (Å²) in [4.78, 5) is 1.89. The summed E-state index contributed by atoms with van der Waals surface area (Å²) in [6, 6.07) is 0.0833. The molecule has 1 rings (SSSR count). The van der Waals surface area contributed by atoms with Crippen LogP contribution >= 0.6 is 0 Å². The van der Waals surface area contributed by atoms with Gasteiger partial charge in [0, 0.05) is 12.6 Å². The molecule has 0 saturated heterocycles. The van der Waals surface area contributed by atoms with E-state index in [1.54, 1.807) is 0 Å². The van der Waals surface area contributed by atoms with E-state index in [9.17, 15) is 4.39 Å². The highest BCUT2D eigenvalue weighted by Gasteiger charge is 2.37. The summed E-state index contributed by atoms with van der Waals surface area (Å²) in [5.41, 5.74) is 4.62. The second-order valence-corrected chi connectivity index (χ2v) is 3.89. The molecule has 0 aliphatic heterocycles. The van der Waals surface area contributed by atoms with E-state index in [4.69, 9.17) is 5.73 Å². The lowest BCUT2D eigenvalue weighted by Crippen LogP contribution is -2.35. The van der Waals surface area contributed by atoms with Crippen molar-refractivity contribution in [2.75, 3.05) is 20.6 Å². The van der Waals surface area contributed by atoms with Crippen LogP contribution in [0.2, 0.25) is 0 Å². The third-order valence-corrected chi connectivity index (χ3v) is 2.19. The maximum absolute atomic E-state index is 13.7. The lowest BCUT2D eigenvalue weighted by Gasteiger charge is -2.23. The SMILES string of the molecule is CN(C)CC1(F)CCC(N)C1. The molecule has 0 heterocycles. The standard InChI is InChI=1S/C8H17FN2/c1-11(2)6-8(9)4-3-7(10)5-8/h7H,3-6,10H2,1-2H3. The van der Waals surface area contributed by atoms with Crippen LogP contribution in [0.3, 0.4) is 0 Å². The second kappa shape index (κ2) is 3.07. The molecule has 11 heavy (non-hydrogen) atoms. The molecule has 0 aromatic carbocycles. The Balaban J connectivity index is 2.42. The van der Waals surface area contributed by atoms with Crippen LogP contribution in [-0.2, 0) is 0 Å². The lowest BCUT2D eigenvalue weighted by atomic mass is 10.0. The molecular formula is C8H17FN2. The molecule has 1 fully saturated rings. The van der Waals surface area contributed by atoms with Gasteiger partial charge >= 0.3 is 0 Å². The molecule has 0 bridgehead atoms.